The smallest absolute Gasteiger partial charge is 0.124 e. The third-order valence-corrected chi connectivity index (χ3v) is 5.96. The summed E-state index contributed by atoms with van der Waals surface area (Å²) in [5.74, 6) is 0. The number of benzene rings is 3. The van der Waals surface area contributed by atoms with Crippen LogP contribution < -0.4 is 0 Å². The van der Waals surface area contributed by atoms with Crippen molar-refractivity contribution < 1.29 is 0 Å². The molecule has 0 unspecified atom stereocenters. The molecule has 0 aliphatic rings. The van der Waals surface area contributed by atoms with Crippen molar-refractivity contribution in [2.75, 3.05) is 0 Å². The lowest BCUT2D eigenvalue weighted by Gasteiger charge is -2.03. The molecule has 25 heavy (non-hydrogen) atoms. The number of aromatic nitrogens is 2. The normalized spacial score (nSPS) is 11.8. The van der Waals surface area contributed by atoms with Gasteiger partial charge in [0, 0.05) is 33.9 Å². The van der Waals surface area contributed by atoms with Crippen LogP contribution in [-0.4, -0.2) is 9.55 Å². The number of nitrogens with zero attached hydrogens (tertiary/aromatic N) is 2. The maximum Gasteiger partial charge on any atom is 0.124 e. The third kappa shape index (κ3) is 2.19. The van der Waals surface area contributed by atoms with E-state index in [0.29, 0.717) is 0 Å². The molecule has 2 aromatic heterocycles. The van der Waals surface area contributed by atoms with E-state index in [1.165, 1.54) is 37.6 Å². The van der Waals surface area contributed by atoms with Crippen LogP contribution in [0.3, 0.4) is 0 Å². The Morgan fingerprint density at radius 1 is 0.920 bits per heavy atom. The van der Waals surface area contributed by atoms with Gasteiger partial charge in [-0.3, -0.25) is 0 Å². The monoisotopic (exact) mass is 342 g/mol. The average molecular weight is 342 g/mol. The Bertz CT molecular complexity index is 1210. The van der Waals surface area contributed by atoms with Gasteiger partial charge in [-0.25, -0.2) is 4.98 Å². The van der Waals surface area contributed by atoms with Crippen molar-refractivity contribution in [3.8, 4) is 10.6 Å². The number of thiazole rings is 1. The summed E-state index contributed by atoms with van der Waals surface area (Å²) in [5.41, 5.74) is 6.19. The van der Waals surface area contributed by atoms with Gasteiger partial charge in [-0.05, 0) is 56.3 Å². The van der Waals surface area contributed by atoms with Crippen LogP contribution in [0.25, 0.3) is 42.6 Å². The van der Waals surface area contributed by atoms with E-state index >= 15 is 0 Å². The number of aryl methyl sites for hydroxylation is 2. The second-order valence-electron chi connectivity index (χ2n) is 6.48. The van der Waals surface area contributed by atoms with E-state index in [9.17, 15) is 0 Å². The van der Waals surface area contributed by atoms with Gasteiger partial charge in [0.05, 0.1) is 10.2 Å². The van der Waals surface area contributed by atoms with Crippen LogP contribution in [0, 0.1) is 6.92 Å². The molecule has 0 fully saturated rings. The topological polar surface area (TPSA) is 17.8 Å². The average Bonchev–Trinajstić information content (AvgIpc) is 3.20. The van der Waals surface area contributed by atoms with Crippen molar-refractivity contribution in [2.45, 2.75) is 20.4 Å². The zero-order valence-electron chi connectivity index (χ0n) is 14.3. The van der Waals surface area contributed by atoms with Gasteiger partial charge in [0.15, 0.2) is 0 Å². The van der Waals surface area contributed by atoms with Crippen LogP contribution in [0.1, 0.15) is 12.5 Å². The largest absolute Gasteiger partial charge is 0.341 e. The van der Waals surface area contributed by atoms with E-state index in [1.54, 1.807) is 11.3 Å². The van der Waals surface area contributed by atoms with E-state index in [-0.39, 0.29) is 0 Å². The van der Waals surface area contributed by atoms with Crippen molar-refractivity contribution in [1.29, 1.82) is 0 Å². The van der Waals surface area contributed by atoms with Gasteiger partial charge in [-0.2, -0.15) is 0 Å². The van der Waals surface area contributed by atoms with Crippen LogP contribution in [0.2, 0.25) is 0 Å². The summed E-state index contributed by atoms with van der Waals surface area (Å²) in [6, 6.07) is 21.8. The molecule has 0 radical (unpaired) electrons. The Morgan fingerprint density at radius 3 is 2.48 bits per heavy atom. The fourth-order valence-electron chi connectivity index (χ4n) is 3.69. The summed E-state index contributed by atoms with van der Waals surface area (Å²) >= 11 is 1.76. The number of rotatable bonds is 2. The molecule has 0 N–H and O–H groups in total. The zero-order valence-corrected chi connectivity index (χ0v) is 15.1. The first-order valence-electron chi connectivity index (χ1n) is 8.63. The molecule has 2 heterocycles. The minimum Gasteiger partial charge on any atom is -0.341 e. The number of hydrogen-bond donors (Lipinski definition) is 0. The number of para-hydroxylation sites is 1. The van der Waals surface area contributed by atoms with Gasteiger partial charge in [0.1, 0.15) is 5.01 Å². The lowest BCUT2D eigenvalue weighted by atomic mass is 10.1. The molecule has 0 saturated heterocycles. The van der Waals surface area contributed by atoms with Crippen LogP contribution >= 0.6 is 11.3 Å². The van der Waals surface area contributed by atoms with Crippen molar-refractivity contribution in [2.24, 2.45) is 0 Å². The maximum atomic E-state index is 4.83. The van der Waals surface area contributed by atoms with E-state index in [4.69, 9.17) is 4.98 Å². The molecule has 122 valence electrons. The summed E-state index contributed by atoms with van der Waals surface area (Å²) in [5, 5.41) is 3.74. The molecule has 2 nitrogen and oxygen atoms in total. The molecular weight excluding hydrogens is 324 g/mol. The van der Waals surface area contributed by atoms with Crippen molar-refractivity contribution >= 4 is 43.4 Å². The Balaban J connectivity index is 1.80. The Morgan fingerprint density at radius 2 is 1.68 bits per heavy atom. The summed E-state index contributed by atoms with van der Waals surface area (Å²) in [6.45, 7) is 5.34. The van der Waals surface area contributed by atoms with Crippen molar-refractivity contribution in [1.82, 2.24) is 9.55 Å². The summed E-state index contributed by atoms with van der Waals surface area (Å²) in [4.78, 5) is 4.83. The molecule has 5 rings (SSSR count). The highest BCUT2D eigenvalue weighted by Crippen LogP contribution is 2.35. The van der Waals surface area contributed by atoms with Crippen LogP contribution in [0.4, 0.5) is 0 Å². The molecule has 3 aromatic carbocycles. The van der Waals surface area contributed by atoms with Crippen LogP contribution in [0.15, 0.2) is 60.7 Å². The maximum absolute atomic E-state index is 4.83. The molecule has 3 heteroatoms. The molecule has 0 saturated carbocycles. The molecule has 0 atom stereocenters. The van der Waals surface area contributed by atoms with Crippen LogP contribution in [0.5, 0.6) is 0 Å². The Labute approximate surface area is 150 Å². The SMILES string of the molecule is CCn1c2ccc(C)cc2c2cc(-c3nc4ccccc4s3)ccc21. The molecule has 0 spiro atoms. The second kappa shape index (κ2) is 5.43. The zero-order chi connectivity index (χ0) is 17.0. The highest BCUT2D eigenvalue weighted by molar-refractivity contribution is 7.21. The third-order valence-electron chi connectivity index (χ3n) is 4.88. The second-order valence-corrected chi connectivity index (χ2v) is 7.51. The lowest BCUT2D eigenvalue weighted by molar-refractivity contribution is 0.827. The molecular formula is C22H18N2S. The number of hydrogen-bond acceptors (Lipinski definition) is 2. The van der Waals surface area contributed by atoms with E-state index in [1.807, 2.05) is 6.07 Å². The highest BCUT2D eigenvalue weighted by Gasteiger charge is 2.12. The van der Waals surface area contributed by atoms with Gasteiger partial charge < -0.3 is 4.57 Å². The highest BCUT2D eigenvalue weighted by atomic mass is 32.1. The van der Waals surface area contributed by atoms with Gasteiger partial charge in [-0.1, -0.05) is 23.8 Å². The van der Waals surface area contributed by atoms with Gasteiger partial charge >= 0.3 is 0 Å². The summed E-state index contributed by atoms with van der Waals surface area (Å²) < 4.78 is 3.64. The predicted octanol–water partition coefficient (Wildman–Crippen LogP) is 6.40. The van der Waals surface area contributed by atoms with Gasteiger partial charge in [-0.15, -0.1) is 11.3 Å². The van der Waals surface area contributed by atoms with Gasteiger partial charge in [0.25, 0.3) is 0 Å². The quantitative estimate of drug-likeness (QED) is 0.363. The summed E-state index contributed by atoms with van der Waals surface area (Å²) in [6.07, 6.45) is 0. The predicted molar refractivity (Wildman–Crippen MR) is 108 cm³/mol. The summed E-state index contributed by atoms with van der Waals surface area (Å²) in [7, 11) is 0. The Hall–Kier alpha value is -2.65. The van der Waals surface area contributed by atoms with Crippen molar-refractivity contribution in [3.63, 3.8) is 0 Å². The fourth-order valence-corrected chi connectivity index (χ4v) is 4.65. The number of fused-ring (bicyclic) bond motifs is 4. The fraction of sp³-hybridized carbons (Fsp3) is 0.136. The lowest BCUT2D eigenvalue weighted by Crippen LogP contribution is -1.92. The minimum atomic E-state index is 0.976. The van der Waals surface area contributed by atoms with Crippen molar-refractivity contribution in [3.05, 3.63) is 66.2 Å². The molecule has 0 aliphatic carbocycles. The Kier molecular flexibility index (Phi) is 3.19. The molecule has 0 bridgehead atoms. The minimum absolute atomic E-state index is 0.976. The molecule has 0 aliphatic heterocycles. The van der Waals surface area contributed by atoms with E-state index in [0.717, 1.165) is 17.1 Å². The molecule has 5 aromatic rings. The molecule has 0 amide bonds. The standard InChI is InChI=1S/C22H18N2S/c1-3-24-19-10-8-14(2)12-16(19)17-13-15(9-11-20(17)24)22-23-18-6-4-5-7-21(18)25-22/h4-13H,3H2,1-2H3. The van der Waals surface area contributed by atoms with Crippen LogP contribution in [-0.2, 0) is 6.54 Å². The first-order valence-corrected chi connectivity index (χ1v) is 9.45. The first-order chi connectivity index (χ1) is 12.2. The van der Waals surface area contributed by atoms with E-state index in [2.05, 4.69) is 73.0 Å². The van der Waals surface area contributed by atoms with E-state index < -0.39 is 0 Å². The van der Waals surface area contributed by atoms with Gasteiger partial charge in [0.2, 0.25) is 0 Å². The first kappa shape index (κ1) is 14.7.